The number of aliphatic hydroxyl groups excluding tert-OH is 1. The average Bonchev–Trinajstić information content (AvgIpc) is 3.41. The van der Waals surface area contributed by atoms with Gasteiger partial charge in [0.2, 0.25) is 0 Å². The van der Waals surface area contributed by atoms with Crippen molar-refractivity contribution in [3.05, 3.63) is 107 Å². The van der Waals surface area contributed by atoms with Gasteiger partial charge in [0.25, 0.3) is 11.7 Å². The number of para-hydroxylation sites is 2. The number of carbonyl (C=O) groups excluding carboxylic acids is 2. The molecule has 1 aliphatic rings. The summed E-state index contributed by atoms with van der Waals surface area (Å²) in [4.78, 5) is 31.2. The molecule has 6 nitrogen and oxygen atoms in total. The number of aromatic amines is 1. The minimum Gasteiger partial charge on any atom is -0.507 e. The Morgan fingerprint density at radius 1 is 1.03 bits per heavy atom. The highest BCUT2D eigenvalue weighted by molar-refractivity contribution is 6.46. The van der Waals surface area contributed by atoms with Crippen LogP contribution in [0.1, 0.15) is 22.7 Å². The van der Waals surface area contributed by atoms with Crippen LogP contribution >= 0.6 is 0 Å². The van der Waals surface area contributed by atoms with Gasteiger partial charge in [-0.05, 0) is 48.4 Å². The topological polar surface area (TPSA) is 82.6 Å². The Balaban J connectivity index is 1.59. The van der Waals surface area contributed by atoms with Crippen molar-refractivity contribution in [3.63, 3.8) is 0 Å². The fourth-order valence-electron chi connectivity index (χ4n) is 4.67. The number of carbonyl (C=O) groups is 2. The number of nitrogens with one attached hydrogen (secondary N) is 1. The third-order valence-electron chi connectivity index (χ3n) is 6.39. The van der Waals surface area contributed by atoms with Crippen LogP contribution in [0.4, 0.5) is 4.39 Å². The maximum atomic E-state index is 13.5. The smallest absolute Gasteiger partial charge is 0.295 e. The minimum atomic E-state index is -0.860. The minimum absolute atomic E-state index is 0.0509. The SMILES string of the molecule is COc1ccccc1C1/C(=C(\O)c2ccc(F)cc2)C(=O)C(=O)N1CCc1c[nH]c2ccccc12. The molecule has 1 amide bonds. The van der Waals surface area contributed by atoms with Crippen LogP contribution in [0.15, 0.2) is 84.6 Å². The zero-order chi connectivity index (χ0) is 24.5. The number of aliphatic hydroxyl groups is 1. The van der Waals surface area contributed by atoms with Gasteiger partial charge in [-0.3, -0.25) is 9.59 Å². The highest BCUT2D eigenvalue weighted by Crippen LogP contribution is 2.42. The molecule has 0 bridgehead atoms. The number of halogens is 1. The van der Waals surface area contributed by atoms with Gasteiger partial charge in [-0.25, -0.2) is 4.39 Å². The number of likely N-dealkylation sites (tertiary alicyclic amines) is 1. The highest BCUT2D eigenvalue weighted by Gasteiger charge is 2.46. The van der Waals surface area contributed by atoms with Gasteiger partial charge in [-0.2, -0.15) is 0 Å². The number of H-pyrrole nitrogens is 1. The lowest BCUT2D eigenvalue weighted by atomic mass is 9.94. The van der Waals surface area contributed by atoms with Crippen LogP contribution in [-0.4, -0.2) is 40.3 Å². The molecule has 1 fully saturated rings. The molecule has 1 unspecified atom stereocenters. The number of benzene rings is 3. The molecule has 7 heteroatoms. The van der Waals surface area contributed by atoms with Gasteiger partial charge in [0.1, 0.15) is 17.3 Å². The summed E-state index contributed by atoms with van der Waals surface area (Å²) >= 11 is 0. The monoisotopic (exact) mass is 470 g/mol. The first-order chi connectivity index (χ1) is 17.0. The number of nitrogens with zero attached hydrogens (tertiary/aromatic N) is 1. The third kappa shape index (κ3) is 3.95. The Bertz CT molecular complexity index is 1460. The second-order valence-electron chi connectivity index (χ2n) is 8.35. The van der Waals surface area contributed by atoms with Crippen LogP contribution in [0.25, 0.3) is 16.7 Å². The van der Waals surface area contributed by atoms with E-state index in [0.29, 0.717) is 17.7 Å². The zero-order valence-electron chi connectivity index (χ0n) is 19.0. The van der Waals surface area contributed by atoms with Crippen molar-refractivity contribution in [1.29, 1.82) is 0 Å². The fourth-order valence-corrected chi connectivity index (χ4v) is 4.67. The Hall–Kier alpha value is -4.39. The van der Waals surface area contributed by atoms with Crippen LogP contribution in [0.3, 0.4) is 0 Å². The molecule has 0 aliphatic carbocycles. The number of ketones is 1. The van der Waals surface area contributed by atoms with Crippen LogP contribution < -0.4 is 4.74 Å². The Morgan fingerprint density at radius 2 is 1.74 bits per heavy atom. The first-order valence-corrected chi connectivity index (χ1v) is 11.2. The Labute approximate surface area is 201 Å². The largest absolute Gasteiger partial charge is 0.507 e. The summed E-state index contributed by atoms with van der Waals surface area (Å²) in [5.74, 6) is -1.83. The highest BCUT2D eigenvalue weighted by atomic mass is 19.1. The van der Waals surface area contributed by atoms with Crippen LogP contribution in [0.5, 0.6) is 5.75 Å². The molecule has 35 heavy (non-hydrogen) atoms. The third-order valence-corrected chi connectivity index (χ3v) is 6.39. The van der Waals surface area contributed by atoms with Crippen molar-refractivity contribution >= 4 is 28.4 Å². The van der Waals surface area contributed by atoms with Gasteiger partial charge in [0, 0.05) is 34.8 Å². The number of ether oxygens (including phenoxy) is 1. The van der Waals surface area contributed by atoms with E-state index in [9.17, 15) is 19.1 Å². The maximum absolute atomic E-state index is 13.5. The van der Waals surface area contributed by atoms with E-state index in [1.54, 1.807) is 24.3 Å². The van der Waals surface area contributed by atoms with E-state index in [1.165, 1.54) is 36.3 Å². The normalized spacial score (nSPS) is 17.3. The molecule has 5 rings (SSSR count). The number of hydrogen-bond acceptors (Lipinski definition) is 4. The van der Waals surface area contributed by atoms with E-state index >= 15 is 0 Å². The molecule has 176 valence electrons. The summed E-state index contributed by atoms with van der Waals surface area (Å²) in [5, 5.41) is 12.2. The Morgan fingerprint density at radius 3 is 2.51 bits per heavy atom. The van der Waals surface area contributed by atoms with Gasteiger partial charge in [0.15, 0.2) is 0 Å². The molecule has 0 spiro atoms. The van der Waals surface area contributed by atoms with E-state index in [0.717, 1.165) is 16.5 Å². The molecule has 1 atom stereocenters. The summed E-state index contributed by atoms with van der Waals surface area (Å²) < 4.78 is 19.0. The molecule has 1 aromatic heterocycles. The molecule has 2 heterocycles. The van der Waals surface area contributed by atoms with Crippen LogP contribution in [-0.2, 0) is 16.0 Å². The summed E-state index contributed by atoms with van der Waals surface area (Å²) in [5.41, 5.74) is 2.78. The number of Topliss-reactive ketones (excluding diaryl/α,β-unsaturated/α-hetero) is 1. The molecule has 3 aromatic carbocycles. The molecular weight excluding hydrogens is 447 g/mol. The number of methoxy groups -OCH3 is 1. The van der Waals surface area contributed by atoms with Gasteiger partial charge in [-0.1, -0.05) is 36.4 Å². The fraction of sp³-hybridized carbons (Fsp3) is 0.143. The van der Waals surface area contributed by atoms with Crippen molar-refractivity contribution in [2.24, 2.45) is 0 Å². The van der Waals surface area contributed by atoms with Crippen molar-refractivity contribution in [2.45, 2.75) is 12.5 Å². The van der Waals surface area contributed by atoms with Gasteiger partial charge < -0.3 is 19.7 Å². The van der Waals surface area contributed by atoms with E-state index in [4.69, 9.17) is 4.74 Å². The lowest BCUT2D eigenvalue weighted by Crippen LogP contribution is -2.31. The van der Waals surface area contributed by atoms with Crippen LogP contribution in [0, 0.1) is 5.82 Å². The summed E-state index contributed by atoms with van der Waals surface area (Å²) in [7, 11) is 1.51. The van der Waals surface area contributed by atoms with Gasteiger partial charge in [0.05, 0.1) is 18.7 Å². The van der Waals surface area contributed by atoms with Gasteiger partial charge in [-0.15, -0.1) is 0 Å². The van der Waals surface area contributed by atoms with E-state index in [2.05, 4.69) is 4.98 Å². The van der Waals surface area contributed by atoms with E-state index in [1.807, 2.05) is 30.5 Å². The molecule has 4 aromatic rings. The molecule has 0 radical (unpaired) electrons. The first-order valence-electron chi connectivity index (χ1n) is 11.2. The van der Waals surface area contributed by atoms with Gasteiger partial charge >= 0.3 is 0 Å². The molecule has 2 N–H and O–H groups in total. The quantitative estimate of drug-likeness (QED) is 0.237. The summed E-state index contributed by atoms with van der Waals surface area (Å²) in [6, 6.07) is 19.2. The second kappa shape index (κ2) is 9.10. The number of rotatable bonds is 6. The van der Waals surface area contributed by atoms with Crippen molar-refractivity contribution in [3.8, 4) is 5.75 Å². The predicted octanol–water partition coefficient (Wildman–Crippen LogP) is 4.98. The van der Waals surface area contributed by atoms with Crippen molar-refractivity contribution in [1.82, 2.24) is 9.88 Å². The first kappa shape index (κ1) is 22.4. The second-order valence-corrected chi connectivity index (χ2v) is 8.35. The Kier molecular flexibility index (Phi) is 5.82. The number of hydrogen-bond donors (Lipinski definition) is 2. The molecule has 0 saturated carbocycles. The maximum Gasteiger partial charge on any atom is 0.295 e. The average molecular weight is 471 g/mol. The molecule has 1 saturated heterocycles. The number of aromatic nitrogens is 1. The van der Waals surface area contributed by atoms with E-state index < -0.39 is 23.5 Å². The summed E-state index contributed by atoms with van der Waals surface area (Å²) in [6.07, 6.45) is 2.40. The van der Waals surface area contributed by atoms with Crippen LogP contribution in [0.2, 0.25) is 0 Å². The standard InChI is InChI=1S/C28H23FN2O4/c1-35-23-9-5-3-7-21(23)25-24(26(32)17-10-12-19(29)13-11-17)27(33)28(34)31(25)15-14-18-16-30-22-8-4-2-6-20(18)22/h2-13,16,25,30,32H,14-15H2,1H3/b26-24+. The van der Waals surface area contributed by atoms with Crippen molar-refractivity contribution < 1.29 is 23.8 Å². The summed E-state index contributed by atoms with van der Waals surface area (Å²) in [6.45, 7) is 0.245. The number of amides is 1. The molecule has 1 aliphatic heterocycles. The van der Waals surface area contributed by atoms with E-state index in [-0.39, 0.29) is 23.4 Å². The zero-order valence-corrected chi connectivity index (χ0v) is 19.0. The number of fused-ring (bicyclic) bond motifs is 1. The van der Waals surface area contributed by atoms with Crippen molar-refractivity contribution in [2.75, 3.05) is 13.7 Å². The lowest BCUT2D eigenvalue weighted by Gasteiger charge is -2.26. The molecular formula is C28H23FN2O4. The lowest BCUT2D eigenvalue weighted by molar-refractivity contribution is -0.139. The predicted molar refractivity (Wildman–Crippen MR) is 130 cm³/mol.